The summed E-state index contributed by atoms with van der Waals surface area (Å²) in [4.78, 5) is 0. The summed E-state index contributed by atoms with van der Waals surface area (Å²) in [5.74, 6) is 0. The molecule has 0 bridgehead atoms. The molecule has 0 radical (unpaired) electrons. The van der Waals surface area contributed by atoms with Crippen LogP contribution in [-0.4, -0.2) is 43.8 Å². The molecular weight excluding hydrogens is 805 g/mol. The summed E-state index contributed by atoms with van der Waals surface area (Å²) in [6, 6.07) is 71.5. The molecule has 0 aliphatic carbocycles. The van der Waals surface area contributed by atoms with E-state index in [0.29, 0.717) is 0 Å². The van der Waals surface area contributed by atoms with Crippen molar-refractivity contribution < 1.29 is 4.42 Å². The van der Waals surface area contributed by atoms with Gasteiger partial charge < -0.3 is 8.98 Å². The molecule has 2 nitrogen and oxygen atoms in total. The van der Waals surface area contributed by atoms with Gasteiger partial charge in [-0.25, -0.2) is 0 Å². The van der Waals surface area contributed by atoms with Crippen LogP contribution in [0.5, 0.6) is 0 Å². The quantitative estimate of drug-likeness (QED) is 0.127. The zero-order valence-electron chi connectivity index (χ0n) is 38.3. The van der Waals surface area contributed by atoms with Gasteiger partial charge in [-0.15, -0.1) is 16.4 Å². The highest BCUT2D eigenvalue weighted by atomic mass is 16.3. The van der Waals surface area contributed by atoms with Crippen LogP contribution in [0.4, 0.5) is 0 Å². The Bertz CT molecular complexity index is 4140. The first kappa shape index (κ1) is 39.5. The minimum absolute atomic E-state index is 0.879. The minimum atomic E-state index is 0.879. The van der Waals surface area contributed by atoms with Gasteiger partial charge in [0.15, 0.2) is 0 Å². The Balaban J connectivity index is 1.14. The molecule has 0 N–H and O–H groups in total. The second-order valence-corrected chi connectivity index (χ2v) is 18.5. The lowest BCUT2D eigenvalue weighted by Gasteiger charge is -2.25. The van der Waals surface area contributed by atoms with Gasteiger partial charge in [-0.05, 0) is 120 Å². The first-order valence-corrected chi connectivity index (χ1v) is 23.4. The third-order valence-electron chi connectivity index (χ3n) is 15.1. The highest BCUT2D eigenvalue weighted by Gasteiger charge is 2.24. The number of hydrogen-bond donors (Lipinski definition) is 0. The largest absolute Gasteiger partial charge is 0.456 e. The molecule has 2 aromatic heterocycles. The lowest BCUT2D eigenvalue weighted by atomic mass is 9.59. The first-order chi connectivity index (χ1) is 32.9. The number of para-hydroxylation sites is 3. The third-order valence-corrected chi connectivity index (χ3v) is 15.1. The van der Waals surface area contributed by atoms with Crippen molar-refractivity contribution in [1.29, 1.82) is 0 Å². The summed E-state index contributed by atoms with van der Waals surface area (Å²) < 4.78 is 9.09. The van der Waals surface area contributed by atoms with Crippen molar-refractivity contribution in [3.8, 4) is 50.2 Å². The molecule has 0 amide bonds. The average Bonchev–Trinajstić information content (AvgIpc) is 3.92. The zero-order chi connectivity index (χ0) is 45.1. The maximum Gasteiger partial charge on any atom is 0.139 e. The molecule has 11 aromatic carbocycles. The Morgan fingerprint density at radius 2 is 0.866 bits per heavy atom. The van der Waals surface area contributed by atoms with E-state index in [4.69, 9.17) is 4.42 Å². The van der Waals surface area contributed by atoms with E-state index in [1.165, 1.54) is 104 Å². The van der Waals surface area contributed by atoms with E-state index < -0.39 is 0 Å². The number of rotatable bonds is 5. The molecule has 13 aromatic rings. The molecule has 0 aliphatic heterocycles. The van der Waals surface area contributed by atoms with Crippen molar-refractivity contribution >= 4 is 143 Å². The van der Waals surface area contributed by atoms with Crippen molar-refractivity contribution in [1.82, 2.24) is 4.57 Å². The molecule has 0 fully saturated rings. The molecule has 0 unspecified atom stereocenters. The molecule has 7 heteroatoms. The van der Waals surface area contributed by atoms with Gasteiger partial charge in [0, 0.05) is 32.8 Å². The van der Waals surface area contributed by atoms with Crippen LogP contribution in [0.25, 0.3) is 126 Å². The van der Waals surface area contributed by atoms with Gasteiger partial charge in [0.1, 0.15) is 50.4 Å². The van der Waals surface area contributed by atoms with E-state index in [9.17, 15) is 0 Å². The van der Waals surface area contributed by atoms with Gasteiger partial charge in [-0.3, -0.25) is 0 Å². The fourth-order valence-electron chi connectivity index (χ4n) is 11.6. The van der Waals surface area contributed by atoms with E-state index in [-0.39, 0.29) is 0 Å². The van der Waals surface area contributed by atoms with Crippen LogP contribution < -0.4 is 27.3 Å². The normalized spacial score (nSPS) is 11.9. The number of hydrogen-bond acceptors (Lipinski definition) is 1. The highest BCUT2D eigenvalue weighted by Crippen LogP contribution is 2.49. The van der Waals surface area contributed by atoms with E-state index in [1.807, 2.05) is 0 Å². The van der Waals surface area contributed by atoms with Gasteiger partial charge in [-0.1, -0.05) is 157 Å². The number of furan rings is 1. The lowest BCUT2D eigenvalue weighted by molar-refractivity contribution is 0.669. The van der Waals surface area contributed by atoms with Crippen LogP contribution in [0.15, 0.2) is 199 Å². The molecular formula is C60H42B5NO. The molecule has 0 saturated heterocycles. The van der Waals surface area contributed by atoms with Crippen LogP contribution in [0.3, 0.4) is 0 Å². The van der Waals surface area contributed by atoms with Gasteiger partial charge in [0.05, 0.1) is 11.0 Å². The van der Waals surface area contributed by atoms with Crippen molar-refractivity contribution in [3.05, 3.63) is 194 Å². The summed E-state index contributed by atoms with van der Waals surface area (Å²) >= 11 is 0. The second-order valence-electron chi connectivity index (χ2n) is 18.5. The van der Waals surface area contributed by atoms with Gasteiger partial charge in [0.2, 0.25) is 0 Å². The zero-order valence-corrected chi connectivity index (χ0v) is 38.3. The van der Waals surface area contributed by atoms with Gasteiger partial charge >= 0.3 is 0 Å². The maximum atomic E-state index is 6.67. The maximum absolute atomic E-state index is 6.67. The molecule has 0 saturated carbocycles. The average molecular weight is 847 g/mol. The number of benzene rings is 11. The molecule has 2 heterocycles. The van der Waals surface area contributed by atoms with E-state index >= 15 is 0 Å². The first-order valence-electron chi connectivity index (χ1n) is 23.4. The summed E-state index contributed by atoms with van der Waals surface area (Å²) in [5, 5.41) is 12.2. The Kier molecular flexibility index (Phi) is 8.89. The topological polar surface area (TPSA) is 18.1 Å². The van der Waals surface area contributed by atoms with Gasteiger partial charge in [0.25, 0.3) is 0 Å². The molecule has 308 valence electrons. The predicted molar refractivity (Wildman–Crippen MR) is 303 cm³/mol. The van der Waals surface area contributed by atoms with Crippen LogP contribution in [0.1, 0.15) is 0 Å². The van der Waals surface area contributed by atoms with Crippen molar-refractivity contribution in [2.24, 2.45) is 0 Å². The lowest BCUT2D eigenvalue weighted by Crippen LogP contribution is -2.55. The summed E-state index contributed by atoms with van der Waals surface area (Å²) in [7, 11) is 11.5. The fourth-order valence-corrected chi connectivity index (χ4v) is 11.6. The number of nitrogens with zero attached hydrogens (tertiary/aromatic N) is 1. The molecule has 67 heavy (non-hydrogen) atoms. The standard InChI is InChI=1S/C60H42B5NO/c61-56-55(57(62)59(64)60(65)58(56)63)53-43-21-8-6-19-41(43)52(42-20-7-9-22-44(42)53)46-31-35(30-33-14-4-5-17-37(33)46)38-28-29-50-54(45-23-11-13-25-49(45)67-50)51(38)34-26-27-40-39-18-10-12-24-47(39)66(48(40)32-34)36-15-2-1-3-16-36/h1-32H,61-65H2. The van der Waals surface area contributed by atoms with Crippen molar-refractivity contribution in [3.63, 3.8) is 0 Å². The smallest absolute Gasteiger partial charge is 0.139 e. The molecule has 0 atom stereocenters. The Morgan fingerprint density at radius 1 is 0.313 bits per heavy atom. The number of fused-ring (bicyclic) bond motifs is 9. The number of aromatic nitrogens is 1. The monoisotopic (exact) mass is 847 g/mol. The third kappa shape index (κ3) is 5.84. The van der Waals surface area contributed by atoms with Crippen LogP contribution >= 0.6 is 0 Å². The summed E-state index contributed by atoms with van der Waals surface area (Å²) in [6.07, 6.45) is 0. The Morgan fingerprint density at radius 3 is 1.57 bits per heavy atom. The van der Waals surface area contributed by atoms with Crippen molar-refractivity contribution in [2.75, 3.05) is 0 Å². The van der Waals surface area contributed by atoms with Crippen LogP contribution in [-0.2, 0) is 0 Å². The SMILES string of the molecule is Bc1c(B)c(B)c(-c2c3ccccc3c(-c3cc(-c4ccc5oc6ccccc6c5c4-c4ccc5c6ccccc6n(-c6ccccc6)c5c4)cc4ccccc34)c3ccccc23)c(B)c1B. The Hall–Kier alpha value is -7.88. The van der Waals surface area contributed by atoms with Gasteiger partial charge in [-0.2, -0.15) is 0 Å². The molecule has 13 rings (SSSR count). The Labute approximate surface area is 393 Å². The second kappa shape index (κ2) is 15.1. The van der Waals surface area contributed by atoms with E-state index in [1.54, 1.807) is 0 Å². The van der Waals surface area contributed by atoms with Crippen LogP contribution in [0, 0.1) is 0 Å². The summed E-state index contributed by atoms with van der Waals surface area (Å²) in [5.41, 5.74) is 21.9. The highest BCUT2D eigenvalue weighted by molar-refractivity contribution is 6.69. The fraction of sp³-hybridized carbons (Fsp3) is 0. The minimum Gasteiger partial charge on any atom is -0.456 e. The van der Waals surface area contributed by atoms with Crippen molar-refractivity contribution in [2.45, 2.75) is 0 Å². The van der Waals surface area contributed by atoms with Crippen LogP contribution in [0.2, 0.25) is 0 Å². The molecule has 0 spiro atoms. The molecule has 0 aliphatic rings. The summed E-state index contributed by atoms with van der Waals surface area (Å²) in [6.45, 7) is 0. The van der Waals surface area contributed by atoms with E-state index in [2.05, 4.69) is 238 Å². The predicted octanol–water partition coefficient (Wildman–Crippen LogP) is 8.10. The van der Waals surface area contributed by atoms with E-state index in [0.717, 1.165) is 49.9 Å².